The number of rotatable bonds is 2. The number of benzene rings is 2. The largest absolute Gasteiger partial charge is 0.872 e. The molecule has 0 amide bonds. The third-order valence-corrected chi connectivity index (χ3v) is 6.16. The molecule has 4 nitrogen and oxygen atoms in total. The highest BCUT2D eigenvalue weighted by molar-refractivity contribution is 6.40. The molecule has 0 aliphatic heterocycles. The summed E-state index contributed by atoms with van der Waals surface area (Å²) >= 11 is 6.52. The summed E-state index contributed by atoms with van der Waals surface area (Å²) in [5, 5.41) is 13.0. The van der Waals surface area contributed by atoms with Crippen molar-refractivity contribution in [1.82, 2.24) is 0 Å². The Morgan fingerprint density at radius 1 is 0.733 bits per heavy atom. The summed E-state index contributed by atoms with van der Waals surface area (Å²) in [4.78, 5) is 37.8. The number of ketones is 3. The summed E-state index contributed by atoms with van der Waals surface area (Å²) in [6.07, 6.45) is 4.14. The summed E-state index contributed by atoms with van der Waals surface area (Å²) in [5.41, 5.74) is 3.10. The minimum atomic E-state index is -0.309. The van der Waals surface area contributed by atoms with Crippen LogP contribution in [0.25, 0.3) is 5.76 Å². The first-order chi connectivity index (χ1) is 14.5. The van der Waals surface area contributed by atoms with Crippen LogP contribution in [-0.4, -0.2) is 17.3 Å². The molecule has 3 aliphatic rings. The Labute approximate surface area is 177 Å². The molecule has 0 spiro atoms. The van der Waals surface area contributed by atoms with E-state index >= 15 is 0 Å². The molecule has 2 aromatic carbocycles. The van der Waals surface area contributed by atoms with Gasteiger partial charge in [-0.2, -0.15) is 0 Å². The molecule has 30 heavy (non-hydrogen) atoms. The Hall–Kier alpha value is -3.50. The fourth-order valence-corrected chi connectivity index (χ4v) is 4.42. The van der Waals surface area contributed by atoms with Crippen molar-refractivity contribution in [2.45, 2.75) is 12.8 Å². The van der Waals surface area contributed by atoms with E-state index in [1.807, 2.05) is 0 Å². The smallest absolute Gasteiger partial charge is 0.197 e. The van der Waals surface area contributed by atoms with E-state index in [2.05, 4.69) is 0 Å². The molecular formula is C25H14ClO4-. The van der Waals surface area contributed by atoms with Crippen molar-refractivity contribution in [3.05, 3.63) is 110 Å². The zero-order valence-electron chi connectivity index (χ0n) is 15.7. The van der Waals surface area contributed by atoms with Gasteiger partial charge in [0.15, 0.2) is 17.3 Å². The van der Waals surface area contributed by atoms with E-state index in [4.69, 9.17) is 11.6 Å². The molecule has 0 N–H and O–H groups in total. The van der Waals surface area contributed by atoms with Crippen LogP contribution < -0.4 is 5.11 Å². The van der Waals surface area contributed by atoms with Crippen molar-refractivity contribution in [1.29, 1.82) is 0 Å². The maximum atomic E-state index is 12.6. The van der Waals surface area contributed by atoms with Crippen molar-refractivity contribution in [2.75, 3.05) is 0 Å². The number of hydrogen-bond acceptors (Lipinski definition) is 4. The molecule has 2 aromatic rings. The van der Waals surface area contributed by atoms with Crippen LogP contribution in [0.4, 0.5) is 0 Å². The molecule has 0 bridgehead atoms. The predicted octanol–water partition coefficient (Wildman–Crippen LogP) is 4.17. The monoisotopic (exact) mass is 413 g/mol. The van der Waals surface area contributed by atoms with Gasteiger partial charge in [0.1, 0.15) is 0 Å². The zero-order valence-corrected chi connectivity index (χ0v) is 16.5. The highest BCUT2D eigenvalue weighted by Gasteiger charge is 2.33. The molecule has 5 heteroatoms. The number of Topliss-reactive ketones (excluding diaryl/α,β-unsaturated/α-hetero) is 3. The molecule has 0 saturated heterocycles. The van der Waals surface area contributed by atoms with Gasteiger partial charge in [0.2, 0.25) is 0 Å². The van der Waals surface area contributed by atoms with Gasteiger partial charge >= 0.3 is 0 Å². The molecule has 0 fully saturated rings. The molecule has 5 rings (SSSR count). The quantitative estimate of drug-likeness (QED) is 0.547. The normalized spacial score (nSPS) is 19.3. The van der Waals surface area contributed by atoms with Crippen molar-refractivity contribution >= 4 is 34.7 Å². The lowest BCUT2D eigenvalue weighted by molar-refractivity contribution is -0.244. The number of allylic oxidation sites excluding steroid dienone is 7. The predicted molar refractivity (Wildman–Crippen MR) is 111 cm³/mol. The van der Waals surface area contributed by atoms with E-state index in [1.165, 1.54) is 0 Å². The topological polar surface area (TPSA) is 74.3 Å². The molecule has 0 aromatic heterocycles. The van der Waals surface area contributed by atoms with E-state index in [0.717, 1.165) is 0 Å². The fraction of sp³-hybridized carbons (Fsp3) is 0.0800. The highest BCUT2D eigenvalue weighted by atomic mass is 35.5. The van der Waals surface area contributed by atoms with Crippen LogP contribution in [0.1, 0.15) is 49.5 Å². The molecule has 0 heterocycles. The maximum Gasteiger partial charge on any atom is 0.197 e. The first-order valence-electron chi connectivity index (χ1n) is 9.52. The Morgan fingerprint density at radius 3 is 1.83 bits per heavy atom. The fourth-order valence-electron chi connectivity index (χ4n) is 4.12. The van der Waals surface area contributed by atoms with Gasteiger partial charge < -0.3 is 5.11 Å². The van der Waals surface area contributed by atoms with Gasteiger partial charge in [-0.3, -0.25) is 14.4 Å². The number of halogens is 1. The molecule has 146 valence electrons. The molecular weight excluding hydrogens is 400 g/mol. The lowest BCUT2D eigenvalue weighted by Gasteiger charge is -2.09. The van der Waals surface area contributed by atoms with Crippen LogP contribution in [0.3, 0.4) is 0 Å². The lowest BCUT2D eigenvalue weighted by atomic mass is 10.1. The summed E-state index contributed by atoms with van der Waals surface area (Å²) in [6.45, 7) is 0. The molecule has 0 atom stereocenters. The summed E-state index contributed by atoms with van der Waals surface area (Å²) < 4.78 is 0. The van der Waals surface area contributed by atoms with Crippen molar-refractivity contribution in [2.24, 2.45) is 0 Å². The number of carbonyl (C=O) groups is 3. The average Bonchev–Trinajstić information content (AvgIpc) is 3.32. The zero-order chi connectivity index (χ0) is 21.0. The Bertz CT molecular complexity index is 1270. The van der Waals surface area contributed by atoms with Gasteiger partial charge in [0.05, 0.1) is 5.57 Å². The van der Waals surface area contributed by atoms with Crippen molar-refractivity contribution < 1.29 is 19.5 Å². The second-order valence-electron chi connectivity index (χ2n) is 7.39. The van der Waals surface area contributed by atoms with Gasteiger partial charge in [-0.05, 0) is 41.7 Å². The summed E-state index contributed by atoms with van der Waals surface area (Å²) in [6, 6.07) is 13.4. The minimum Gasteiger partial charge on any atom is -0.872 e. The molecule has 3 aliphatic carbocycles. The lowest BCUT2D eigenvalue weighted by Crippen LogP contribution is -2.03. The SMILES string of the molecule is O=C1C(=CC2=C(Cl)/C(=C/C3=C([O-])c4ccccc4C3=O)CC2)C(=O)c2ccccc21. The first-order valence-corrected chi connectivity index (χ1v) is 9.90. The second-order valence-corrected chi connectivity index (χ2v) is 7.77. The standard InChI is InChI=1S/C25H15ClO4/c26-21-13(11-19-22(27)15-5-1-2-6-16(15)23(19)28)9-10-14(21)12-20-24(29)17-7-3-4-8-18(17)25(20)30/h1-8,11-12,27H,9-10H2/p-1/b13-11+. The van der Waals surface area contributed by atoms with E-state index in [9.17, 15) is 19.5 Å². The highest BCUT2D eigenvalue weighted by Crippen LogP contribution is 2.39. The van der Waals surface area contributed by atoms with E-state index < -0.39 is 0 Å². The third kappa shape index (κ3) is 2.65. The van der Waals surface area contributed by atoms with Gasteiger partial charge in [0.25, 0.3) is 0 Å². The van der Waals surface area contributed by atoms with Gasteiger partial charge in [-0.1, -0.05) is 65.9 Å². The van der Waals surface area contributed by atoms with Gasteiger partial charge in [-0.15, -0.1) is 0 Å². The summed E-state index contributed by atoms with van der Waals surface area (Å²) in [5.74, 6) is -1.24. The average molecular weight is 414 g/mol. The summed E-state index contributed by atoms with van der Waals surface area (Å²) in [7, 11) is 0. The molecule has 0 unspecified atom stereocenters. The van der Waals surface area contributed by atoms with E-state index in [0.29, 0.717) is 51.3 Å². The van der Waals surface area contributed by atoms with E-state index in [-0.39, 0.29) is 34.3 Å². The second kappa shape index (κ2) is 6.78. The van der Waals surface area contributed by atoms with Crippen LogP contribution in [0.2, 0.25) is 0 Å². The minimum absolute atomic E-state index is 0.0960. The third-order valence-electron chi connectivity index (χ3n) is 5.68. The number of hydrogen-bond donors (Lipinski definition) is 0. The number of carbonyl (C=O) groups excluding carboxylic acids is 3. The van der Waals surface area contributed by atoms with Crippen LogP contribution in [0.5, 0.6) is 0 Å². The maximum absolute atomic E-state index is 12.6. The Kier molecular flexibility index (Phi) is 4.19. The molecule has 0 saturated carbocycles. The first kappa shape index (κ1) is 18.5. The van der Waals surface area contributed by atoms with Crippen LogP contribution >= 0.6 is 11.6 Å². The van der Waals surface area contributed by atoms with Crippen LogP contribution in [0.15, 0.2) is 88.0 Å². The van der Waals surface area contributed by atoms with Crippen molar-refractivity contribution in [3.8, 4) is 0 Å². The van der Waals surface area contributed by atoms with Crippen LogP contribution in [-0.2, 0) is 0 Å². The Balaban J connectivity index is 1.51. The van der Waals surface area contributed by atoms with Gasteiger partial charge in [0, 0.05) is 27.3 Å². The Morgan fingerprint density at radius 2 is 1.27 bits per heavy atom. The molecule has 0 radical (unpaired) electrons. The van der Waals surface area contributed by atoms with Crippen LogP contribution in [0, 0.1) is 0 Å². The number of fused-ring (bicyclic) bond motifs is 2. The van der Waals surface area contributed by atoms with Crippen molar-refractivity contribution in [3.63, 3.8) is 0 Å². The van der Waals surface area contributed by atoms with Gasteiger partial charge in [-0.25, -0.2) is 0 Å². The van der Waals surface area contributed by atoms with E-state index in [1.54, 1.807) is 60.7 Å².